The van der Waals surface area contributed by atoms with Crippen molar-refractivity contribution in [2.45, 2.75) is 37.9 Å². The minimum Gasteiger partial charge on any atom is -0.309 e. The van der Waals surface area contributed by atoms with Crippen molar-refractivity contribution < 1.29 is 18.4 Å². The molecule has 0 saturated carbocycles. The van der Waals surface area contributed by atoms with E-state index in [2.05, 4.69) is 4.98 Å². The van der Waals surface area contributed by atoms with Gasteiger partial charge in [0.15, 0.2) is 0 Å². The van der Waals surface area contributed by atoms with E-state index < -0.39 is 17.2 Å². The van der Waals surface area contributed by atoms with Crippen molar-refractivity contribution in [2.75, 3.05) is 19.6 Å². The molecule has 36 heavy (non-hydrogen) atoms. The van der Waals surface area contributed by atoms with Crippen molar-refractivity contribution in [1.82, 2.24) is 19.7 Å². The van der Waals surface area contributed by atoms with Gasteiger partial charge in [0.2, 0.25) is 0 Å². The van der Waals surface area contributed by atoms with Crippen LogP contribution >= 0.6 is 0 Å². The van der Waals surface area contributed by atoms with Crippen LogP contribution in [0.1, 0.15) is 29.5 Å². The lowest BCUT2D eigenvalue weighted by Crippen LogP contribution is -2.56. The topological polar surface area (TPSA) is 56.8 Å². The average molecular weight is 491 g/mol. The molecule has 0 unspecified atom stereocenters. The fraction of sp³-hybridized carbons (Fsp3) is 0.321. The van der Waals surface area contributed by atoms with Crippen molar-refractivity contribution >= 4 is 11.9 Å². The Hall–Kier alpha value is -3.65. The molecule has 2 aliphatic rings. The molecular formula is C28H28F2N4O2. The molecule has 8 heteroatoms. The lowest BCUT2D eigenvalue weighted by molar-refractivity contribution is -0.136. The Bertz CT molecular complexity index is 1230. The highest BCUT2D eigenvalue weighted by atomic mass is 19.1. The highest BCUT2D eigenvalue weighted by molar-refractivity contribution is 6.07. The molecule has 0 radical (unpaired) electrons. The Morgan fingerprint density at radius 3 is 2.36 bits per heavy atom. The number of amides is 3. The second kappa shape index (κ2) is 10.1. The highest BCUT2D eigenvalue weighted by Crippen LogP contribution is 2.38. The molecule has 186 valence electrons. The van der Waals surface area contributed by atoms with Gasteiger partial charge < -0.3 is 4.90 Å². The van der Waals surface area contributed by atoms with E-state index in [1.807, 2.05) is 41.3 Å². The van der Waals surface area contributed by atoms with E-state index in [-0.39, 0.29) is 25.0 Å². The quantitative estimate of drug-likeness (QED) is 0.461. The summed E-state index contributed by atoms with van der Waals surface area (Å²) >= 11 is 0. The average Bonchev–Trinajstić information content (AvgIpc) is 3.08. The van der Waals surface area contributed by atoms with Crippen LogP contribution in [-0.2, 0) is 24.3 Å². The fourth-order valence-corrected chi connectivity index (χ4v) is 5.26. The number of rotatable bonds is 7. The van der Waals surface area contributed by atoms with E-state index in [0.29, 0.717) is 44.5 Å². The number of carbonyl (C=O) groups excluding carboxylic acids is 2. The largest absolute Gasteiger partial charge is 0.328 e. The number of aromatic nitrogens is 1. The molecule has 6 nitrogen and oxygen atoms in total. The van der Waals surface area contributed by atoms with Crippen molar-refractivity contribution in [3.05, 3.63) is 101 Å². The van der Waals surface area contributed by atoms with Gasteiger partial charge >= 0.3 is 6.03 Å². The van der Waals surface area contributed by atoms with Gasteiger partial charge in [-0.3, -0.25) is 19.6 Å². The lowest BCUT2D eigenvalue weighted by Gasteiger charge is -2.42. The normalized spacial score (nSPS) is 17.8. The molecule has 3 aromatic rings. The van der Waals surface area contributed by atoms with Crippen LogP contribution in [0.5, 0.6) is 0 Å². The summed E-state index contributed by atoms with van der Waals surface area (Å²) in [6, 6.07) is 16.7. The van der Waals surface area contributed by atoms with Crippen LogP contribution in [0.2, 0.25) is 0 Å². The Labute approximate surface area is 209 Å². The van der Waals surface area contributed by atoms with Crippen LogP contribution in [0, 0.1) is 11.6 Å². The molecule has 5 rings (SSSR count). The van der Waals surface area contributed by atoms with Gasteiger partial charge in [-0.2, -0.15) is 0 Å². The summed E-state index contributed by atoms with van der Waals surface area (Å²) in [7, 11) is 0. The van der Waals surface area contributed by atoms with E-state index >= 15 is 0 Å². The Balaban J connectivity index is 1.36. The second-order valence-corrected chi connectivity index (χ2v) is 9.47. The second-order valence-electron chi connectivity index (χ2n) is 9.47. The van der Waals surface area contributed by atoms with Crippen molar-refractivity contribution in [2.24, 2.45) is 0 Å². The van der Waals surface area contributed by atoms with E-state index in [1.54, 1.807) is 23.4 Å². The fourth-order valence-electron chi connectivity index (χ4n) is 5.26. The minimum absolute atomic E-state index is 0.174. The summed E-state index contributed by atoms with van der Waals surface area (Å²) in [6.45, 7) is 1.85. The molecule has 0 bridgehead atoms. The Morgan fingerprint density at radius 1 is 0.889 bits per heavy atom. The van der Waals surface area contributed by atoms with Crippen molar-refractivity contribution in [3.63, 3.8) is 0 Å². The number of halogens is 2. The van der Waals surface area contributed by atoms with E-state index in [1.165, 1.54) is 11.0 Å². The van der Waals surface area contributed by atoms with Gasteiger partial charge in [0.05, 0.1) is 6.54 Å². The van der Waals surface area contributed by atoms with Gasteiger partial charge in [-0.15, -0.1) is 0 Å². The smallest absolute Gasteiger partial charge is 0.309 e. The van der Waals surface area contributed by atoms with Crippen molar-refractivity contribution in [3.8, 4) is 0 Å². The number of hydrogen-bond donors (Lipinski definition) is 0. The molecule has 0 atom stereocenters. The molecule has 2 fully saturated rings. The lowest BCUT2D eigenvalue weighted by atomic mass is 9.85. The first-order valence-corrected chi connectivity index (χ1v) is 12.2. The predicted octanol–water partition coefficient (Wildman–Crippen LogP) is 4.40. The Kier molecular flexibility index (Phi) is 6.78. The zero-order valence-corrected chi connectivity index (χ0v) is 19.9. The number of imide groups is 1. The highest BCUT2D eigenvalue weighted by Gasteiger charge is 2.57. The molecule has 3 heterocycles. The van der Waals surface area contributed by atoms with Gasteiger partial charge in [0.25, 0.3) is 5.91 Å². The number of pyridine rings is 1. The molecule has 0 aliphatic carbocycles. The van der Waals surface area contributed by atoms with Gasteiger partial charge in [-0.25, -0.2) is 13.6 Å². The molecular weight excluding hydrogens is 462 g/mol. The molecule has 2 aliphatic heterocycles. The third-order valence-corrected chi connectivity index (χ3v) is 7.24. The molecule has 2 saturated heterocycles. The summed E-state index contributed by atoms with van der Waals surface area (Å²) in [5, 5.41) is 0. The summed E-state index contributed by atoms with van der Waals surface area (Å²) in [5.41, 5.74) is 1.24. The van der Waals surface area contributed by atoms with Crippen LogP contribution in [0.25, 0.3) is 0 Å². The van der Waals surface area contributed by atoms with Crippen LogP contribution in [0.15, 0.2) is 73.1 Å². The first-order chi connectivity index (χ1) is 17.5. The Morgan fingerprint density at radius 2 is 1.64 bits per heavy atom. The minimum atomic E-state index is -0.939. The SMILES string of the molecule is O=C1N(Cc2cccnc2)C(=O)C2(CCN(Cc3cc(F)ccc3F)CC2)N1CCc1ccccc1. The zero-order valence-electron chi connectivity index (χ0n) is 19.9. The van der Waals surface area contributed by atoms with Crippen LogP contribution in [0.3, 0.4) is 0 Å². The zero-order chi connectivity index (χ0) is 25.1. The number of likely N-dealkylation sites (tertiary alicyclic amines) is 1. The maximum Gasteiger partial charge on any atom is 0.328 e. The number of piperidine rings is 1. The predicted molar refractivity (Wildman–Crippen MR) is 131 cm³/mol. The van der Waals surface area contributed by atoms with Crippen LogP contribution in [-0.4, -0.2) is 56.8 Å². The maximum atomic E-state index is 14.2. The summed E-state index contributed by atoms with van der Waals surface area (Å²) < 4.78 is 27.9. The molecule has 2 aromatic carbocycles. The monoisotopic (exact) mass is 490 g/mol. The number of hydrogen-bond acceptors (Lipinski definition) is 4. The molecule has 1 spiro atoms. The van der Waals surface area contributed by atoms with E-state index in [4.69, 9.17) is 0 Å². The molecule has 0 N–H and O–H groups in total. The third kappa shape index (κ3) is 4.73. The first kappa shape index (κ1) is 24.1. The number of carbonyl (C=O) groups is 2. The van der Waals surface area contributed by atoms with E-state index in [9.17, 15) is 18.4 Å². The van der Waals surface area contributed by atoms with Gasteiger partial charge in [-0.05, 0) is 54.7 Å². The summed E-state index contributed by atoms with van der Waals surface area (Å²) in [6.07, 6.45) is 4.83. The first-order valence-electron chi connectivity index (χ1n) is 12.2. The molecule has 1 aromatic heterocycles. The number of benzene rings is 2. The number of nitrogens with zero attached hydrogens (tertiary/aromatic N) is 4. The summed E-state index contributed by atoms with van der Waals surface area (Å²) in [4.78, 5) is 36.6. The van der Waals surface area contributed by atoms with E-state index in [0.717, 1.165) is 23.3 Å². The van der Waals surface area contributed by atoms with Gasteiger partial charge in [0.1, 0.15) is 17.2 Å². The van der Waals surface area contributed by atoms with Crippen LogP contribution in [0.4, 0.5) is 13.6 Å². The summed E-state index contributed by atoms with van der Waals surface area (Å²) in [5.74, 6) is -1.12. The number of urea groups is 1. The third-order valence-electron chi connectivity index (χ3n) is 7.24. The standard InChI is InChI=1S/C28H28F2N4O2/c29-24-8-9-25(30)23(17-24)20-32-15-11-28(12-16-32)26(35)33(19-22-7-4-13-31-18-22)27(36)34(28)14-10-21-5-2-1-3-6-21/h1-9,13,17-18H,10-12,14-16,19-20H2. The van der Waals surface area contributed by atoms with Gasteiger partial charge in [-0.1, -0.05) is 36.4 Å². The van der Waals surface area contributed by atoms with Gasteiger partial charge in [0, 0.05) is 44.1 Å². The van der Waals surface area contributed by atoms with Crippen molar-refractivity contribution in [1.29, 1.82) is 0 Å². The maximum absolute atomic E-state index is 14.2. The van der Waals surface area contributed by atoms with Crippen LogP contribution < -0.4 is 0 Å². The molecule has 3 amide bonds.